The van der Waals surface area contributed by atoms with E-state index in [-0.39, 0.29) is 5.82 Å². The molecule has 3 N–H and O–H groups in total. The topological polar surface area (TPSA) is 61.9 Å². The first-order valence-corrected chi connectivity index (χ1v) is 8.51. The van der Waals surface area contributed by atoms with Crippen LogP contribution in [0.5, 0.6) is 0 Å². The van der Waals surface area contributed by atoms with Gasteiger partial charge in [-0.3, -0.25) is 0 Å². The first-order valence-electron chi connectivity index (χ1n) is 8.51. The lowest BCUT2D eigenvalue weighted by Gasteiger charge is -2.14. The van der Waals surface area contributed by atoms with Crippen LogP contribution in [0, 0.1) is 26.6 Å². The molecule has 1 aliphatic heterocycles. The van der Waals surface area contributed by atoms with E-state index >= 15 is 0 Å². The fraction of sp³-hybridized carbons (Fsp3) is 0.200. The number of hydrazine groups is 1. The number of fused-ring (bicyclic) bond motifs is 1. The molecular weight excluding hydrogens is 329 g/mol. The van der Waals surface area contributed by atoms with Crippen LogP contribution in [0.1, 0.15) is 22.3 Å². The predicted molar refractivity (Wildman–Crippen MR) is 102 cm³/mol. The highest BCUT2D eigenvalue weighted by Gasteiger charge is 2.14. The summed E-state index contributed by atoms with van der Waals surface area (Å²) in [6.45, 7) is 6.55. The lowest BCUT2D eigenvalue weighted by molar-refractivity contribution is 0.618. The number of aromatic nitrogens is 2. The average Bonchev–Trinajstić information content (AvgIpc) is 3.06. The maximum Gasteiger partial charge on any atom is 0.161 e. The molecule has 0 unspecified atom stereocenters. The molecule has 132 valence electrons. The number of benzene rings is 2. The lowest BCUT2D eigenvalue weighted by Crippen LogP contribution is -2.10. The van der Waals surface area contributed by atoms with Crippen molar-refractivity contribution in [2.45, 2.75) is 27.3 Å². The van der Waals surface area contributed by atoms with Gasteiger partial charge in [-0.2, -0.15) is 0 Å². The van der Waals surface area contributed by atoms with E-state index < -0.39 is 0 Å². The zero-order chi connectivity index (χ0) is 18.3. The molecular formula is C20H20FN5. The van der Waals surface area contributed by atoms with Crippen LogP contribution in [0.3, 0.4) is 0 Å². The van der Waals surface area contributed by atoms with Gasteiger partial charge in [-0.05, 0) is 67.8 Å². The highest BCUT2D eigenvalue weighted by Crippen LogP contribution is 2.30. The van der Waals surface area contributed by atoms with Gasteiger partial charge in [0.15, 0.2) is 5.82 Å². The molecule has 0 saturated heterocycles. The Morgan fingerprint density at radius 2 is 1.88 bits per heavy atom. The van der Waals surface area contributed by atoms with E-state index in [0.29, 0.717) is 11.4 Å². The largest absolute Gasteiger partial charge is 0.340 e. The number of anilines is 3. The van der Waals surface area contributed by atoms with Gasteiger partial charge >= 0.3 is 0 Å². The molecule has 0 bridgehead atoms. The van der Waals surface area contributed by atoms with Gasteiger partial charge < -0.3 is 10.7 Å². The molecule has 5 nitrogen and oxygen atoms in total. The summed E-state index contributed by atoms with van der Waals surface area (Å²) in [7, 11) is 0. The Hall–Kier alpha value is -2.99. The van der Waals surface area contributed by atoms with Crippen LogP contribution < -0.4 is 16.2 Å². The van der Waals surface area contributed by atoms with Gasteiger partial charge in [-0.15, -0.1) is 0 Å². The summed E-state index contributed by atoms with van der Waals surface area (Å²) in [5.41, 5.74) is 13.0. The third kappa shape index (κ3) is 2.99. The fourth-order valence-electron chi connectivity index (χ4n) is 3.00. The summed E-state index contributed by atoms with van der Waals surface area (Å²) in [6, 6.07) is 9.15. The third-order valence-corrected chi connectivity index (χ3v) is 4.59. The molecule has 2 heterocycles. The molecule has 3 aromatic rings. The number of nitrogens with zero attached hydrogens (tertiary/aromatic N) is 2. The van der Waals surface area contributed by atoms with Gasteiger partial charge in [-0.25, -0.2) is 19.8 Å². The van der Waals surface area contributed by atoms with Crippen molar-refractivity contribution >= 4 is 17.2 Å². The van der Waals surface area contributed by atoms with Crippen LogP contribution in [0.15, 0.2) is 36.5 Å². The maximum atomic E-state index is 13.5. The molecule has 1 aliphatic rings. The fourth-order valence-corrected chi connectivity index (χ4v) is 3.00. The Morgan fingerprint density at radius 3 is 2.69 bits per heavy atom. The van der Waals surface area contributed by atoms with E-state index in [1.165, 1.54) is 11.6 Å². The normalized spacial score (nSPS) is 12.6. The number of nitrogens with one attached hydrogen (secondary N) is 3. The molecule has 0 spiro atoms. The van der Waals surface area contributed by atoms with Crippen molar-refractivity contribution in [2.24, 2.45) is 0 Å². The molecule has 0 fully saturated rings. The minimum absolute atomic E-state index is 0.227. The SMILES string of the molecule is Cc1cc(-c2ncc(C)c(Nc3cc4c(cc3C)NNC4)n2)ccc1F. The van der Waals surface area contributed by atoms with Crippen LogP contribution in [0.25, 0.3) is 11.4 Å². The second-order valence-electron chi connectivity index (χ2n) is 6.62. The van der Waals surface area contributed by atoms with Crippen molar-refractivity contribution < 1.29 is 4.39 Å². The molecule has 0 radical (unpaired) electrons. The standard InChI is InChI=1S/C20H20FN5/c1-11-6-14(4-5-16(11)21)20-22-9-13(3)19(25-20)24-17-8-15-10-23-26-18(15)7-12(17)2/h4-9,23,26H,10H2,1-3H3,(H,22,24,25). The molecule has 4 rings (SSSR count). The van der Waals surface area contributed by atoms with E-state index in [4.69, 9.17) is 0 Å². The summed E-state index contributed by atoms with van der Waals surface area (Å²) < 4.78 is 13.5. The lowest BCUT2D eigenvalue weighted by atomic mass is 10.1. The molecule has 1 aromatic heterocycles. The zero-order valence-corrected chi connectivity index (χ0v) is 14.9. The quantitative estimate of drug-likeness (QED) is 0.655. The van der Waals surface area contributed by atoms with Gasteiger partial charge in [0.05, 0.1) is 5.69 Å². The molecule has 2 aromatic carbocycles. The molecule has 0 aliphatic carbocycles. The van der Waals surface area contributed by atoms with Crippen LogP contribution in [0.2, 0.25) is 0 Å². The minimum Gasteiger partial charge on any atom is -0.340 e. The van der Waals surface area contributed by atoms with Crippen molar-refractivity contribution in [1.82, 2.24) is 15.4 Å². The number of aryl methyl sites for hydroxylation is 3. The molecule has 0 amide bonds. The summed E-state index contributed by atoms with van der Waals surface area (Å²) in [4.78, 5) is 9.08. The van der Waals surface area contributed by atoms with Crippen molar-refractivity contribution in [1.29, 1.82) is 0 Å². The highest BCUT2D eigenvalue weighted by atomic mass is 19.1. The van der Waals surface area contributed by atoms with E-state index in [1.54, 1.807) is 25.3 Å². The highest BCUT2D eigenvalue weighted by molar-refractivity contribution is 5.71. The second-order valence-corrected chi connectivity index (χ2v) is 6.62. The number of hydrogen-bond acceptors (Lipinski definition) is 5. The van der Waals surface area contributed by atoms with Gasteiger partial charge in [-0.1, -0.05) is 0 Å². The number of halogens is 1. The first kappa shape index (κ1) is 16.5. The van der Waals surface area contributed by atoms with Gasteiger partial charge in [0.25, 0.3) is 0 Å². The van der Waals surface area contributed by atoms with Crippen LogP contribution in [-0.2, 0) is 6.54 Å². The molecule has 0 saturated carbocycles. The monoisotopic (exact) mass is 349 g/mol. The summed E-state index contributed by atoms with van der Waals surface area (Å²) in [6.07, 6.45) is 1.79. The predicted octanol–water partition coefficient (Wildman–Crippen LogP) is 4.38. The zero-order valence-electron chi connectivity index (χ0n) is 14.9. The maximum absolute atomic E-state index is 13.5. The Balaban J connectivity index is 1.70. The van der Waals surface area contributed by atoms with Gasteiger partial charge in [0.1, 0.15) is 11.6 Å². The van der Waals surface area contributed by atoms with Crippen molar-refractivity contribution in [3.63, 3.8) is 0 Å². The number of hydrogen-bond donors (Lipinski definition) is 3. The Labute approximate surface area is 151 Å². The van der Waals surface area contributed by atoms with Gasteiger partial charge in [0.2, 0.25) is 0 Å². The number of rotatable bonds is 3. The van der Waals surface area contributed by atoms with E-state index in [2.05, 4.69) is 45.2 Å². The van der Waals surface area contributed by atoms with Crippen molar-refractivity contribution in [2.75, 3.05) is 10.7 Å². The molecule has 26 heavy (non-hydrogen) atoms. The molecule has 0 atom stereocenters. The Morgan fingerprint density at radius 1 is 1.04 bits per heavy atom. The second kappa shape index (κ2) is 6.38. The molecule has 6 heteroatoms. The van der Waals surface area contributed by atoms with Crippen LogP contribution in [-0.4, -0.2) is 9.97 Å². The van der Waals surface area contributed by atoms with E-state index in [1.807, 2.05) is 6.92 Å². The summed E-state index contributed by atoms with van der Waals surface area (Å²) >= 11 is 0. The van der Waals surface area contributed by atoms with Crippen molar-refractivity contribution in [3.8, 4) is 11.4 Å². The summed E-state index contributed by atoms with van der Waals surface area (Å²) in [5, 5.41) is 3.43. The smallest absolute Gasteiger partial charge is 0.161 e. The van der Waals surface area contributed by atoms with Gasteiger partial charge in [0, 0.05) is 29.6 Å². The van der Waals surface area contributed by atoms with Crippen molar-refractivity contribution in [3.05, 3.63) is 64.6 Å². The third-order valence-electron chi connectivity index (χ3n) is 4.59. The first-order chi connectivity index (χ1) is 12.5. The summed E-state index contributed by atoms with van der Waals surface area (Å²) in [5.74, 6) is 1.09. The van der Waals surface area contributed by atoms with E-state index in [0.717, 1.165) is 40.4 Å². The Kier molecular flexibility index (Phi) is 4.05. The minimum atomic E-state index is -0.227. The van der Waals surface area contributed by atoms with Crippen LogP contribution in [0.4, 0.5) is 21.6 Å². The average molecular weight is 349 g/mol. The van der Waals surface area contributed by atoms with Crippen LogP contribution >= 0.6 is 0 Å². The Bertz CT molecular complexity index is 1000. The van der Waals surface area contributed by atoms with E-state index in [9.17, 15) is 4.39 Å².